The second-order valence-corrected chi connectivity index (χ2v) is 4.06. The Bertz CT molecular complexity index is 355. The van der Waals surface area contributed by atoms with Gasteiger partial charge in [0.25, 0.3) is 0 Å². The van der Waals surface area contributed by atoms with E-state index in [4.69, 9.17) is 15.2 Å². The fraction of sp³-hybridized carbons (Fsp3) is 0.538. The quantitative estimate of drug-likeness (QED) is 0.818. The monoisotopic (exact) mass is 238 g/mol. The second-order valence-electron chi connectivity index (χ2n) is 4.06. The number of rotatable bonds is 6. The zero-order valence-electron chi connectivity index (χ0n) is 11.1. The molecule has 1 aromatic rings. The highest BCUT2D eigenvalue weighted by Crippen LogP contribution is 2.31. The first-order valence-electron chi connectivity index (χ1n) is 5.76. The van der Waals surface area contributed by atoms with Crippen LogP contribution in [0.1, 0.15) is 18.5 Å². The largest absolute Gasteiger partial charge is 0.493 e. The lowest BCUT2D eigenvalue weighted by atomic mass is 10.1. The molecule has 4 heteroatoms. The summed E-state index contributed by atoms with van der Waals surface area (Å²) in [5.41, 5.74) is 6.75. The van der Waals surface area contributed by atoms with Gasteiger partial charge < -0.3 is 15.2 Å². The van der Waals surface area contributed by atoms with Crippen molar-refractivity contribution in [2.24, 2.45) is 5.73 Å². The maximum Gasteiger partial charge on any atom is 0.161 e. The standard InChI is InChI=1S/C13H22N2O2/c1-10(15(2)8-7-14)11-5-6-12(16-3)13(9-11)17-4/h5-6,9-10H,7-8,14H2,1-4H3. The predicted octanol–water partition coefficient (Wildman–Crippen LogP) is 1.66. The summed E-state index contributed by atoms with van der Waals surface area (Å²) in [6.45, 7) is 3.68. The Labute approximate surface area is 103 Å². The highest BCUT2D eigenvalue weighted by atomic mass is 16.5. The molecule has 0 saturated heterocycles. The molecular formula is C13H22N2O2. The molecule has 0 saturated carbocycles. The summed E-state index contributed by atoms with van der Waals surface area (Å²) in [4.78, 5) is 2.21. The first-order valence-corrected chi connectivity index (χ1v) is 5.76. The maximum absolute atomic E-state index is 5.56. The molecular weight excluding hydrogens is 216 g/mol. The Morgan fingerprint density at radius 3 is 2.41 bits per heavy atom. The maximum atomic E-state index is 5.56. The Morgan fingerprint density at radius 2 is 1.88 bits per heavy atom. The number of benzene rings is 1. The van der Waals surface area contributed by atoms with Crippen molar-refractivity contribution in [3.8, 4) is 11.5 Å². The van der Waals surface area contributed by atoms with Crippen LogP contribution < -0.4 is 15.2 Å². The summed E-state index contributed by atoms with van der Waals surface area (Å²) in [5.74, 6) is 1.52. The zero-order valence-corrected chi connectivity index (χ0v) is 11.1. The fourth-order valence-corrected chi connectivity index (χ4v) is 1.76. The molecule has 0 amide bonds. The van der Waals surface area contributed by atoms with Gasteiger partial charge in [0.2, 0.25) is 0 Å². The molecule has 1 unspecified atom stereocenters. The third-order valence-electron chi connectivity index (χ3n) is 3.03. The van der Waals surface area contributed by atoms with Crippen LogP contribution in [0.3, 0.4) is 0 Å². The number of nitrogens with two attached hydrogens (primary N) is 1. The molecule has 1 rings (SSSR count). The first-order chi connectivity index (χ1) is 8.13. The molecule has 0 aromatic heterocycles. The number of hydrogen-bond acceptors (Lipinski definition) is 4. The average molecular weight is 238 g/mol. The van der Waals surface area contributed by atoms with Crippen molar-refractivity contribution in [2.45, 2.75) is 13.0 Å². The normalized spacial score (nSPS) is 12.6. The van der Waals surface area contributed by atoms with Gasteiger partial charge in [0.15, 0.2) is 11.5 Å². The SMILES string of the molecule is COc1ccc(C(C)N(C)CCN)cc1OC. The average Bonchev–Trinajstić information content (AvgIpc) is 2.37. The number of nitrogens with zero attached hydrogens (tertiary/aromatic N) is 1. The Morgan fingerprint density at radius 1 is 1.24 bits per heavy atom. The van der Waals surface area contributed by atoms with Crippen molar-refractivity contribution >= 4 is 0 Å². The van der Waals surface area contributed by atoms with Gasteiger partial charge >= 0.3 is 0 Å². The van der Waals surface area contributed by atoms with E-state index in [-0.39, 0.29) is 0 Å². The van der Waals surface area contributed by atoms with E-state index < -0.39 is 0 Å². The van der Waals surface area contributed by atoms with Crippen LogP contribution in [0.25, 0.3) is 0 Å². The molecule has 1 atom stereocenters. The van der Waals surface area contributed by atoms with Crippen LogP contribution in [0.4, 0.5) is 0 Å². The smallest absolute Gasteiger partial charge is 0.161 e. The van der Waals surface area contributed by atoms with E-state index in [2.05, 4.69) is 24.9 Å². The summed E-state index contributed by atoms with van der Waals surface area (Å²) in [5, 5.41) is 0. The third-order valence-corrected chi connectivity index (χ3v) is 3.03. The van der Waals surface area contributed by atoms with E-state index in [9.17, 15) is 0 Å². The van der Waals surface area contributed by atoms with Crippen LogP contribution in [0.15, 0.2) is 18.2 Å². The molecule has 0 radical (unpaired) electrons. The number of methoxy groups -OCH3 is 2. The lowest BCUT2D eigenvalue weighted by Crippen LogP contribution is -2.28. The minimum atomic E-state index is 0.304. The van der Waals surface area contributed by atoms with E-state index in [1.807, 2.05) is 12.1 Å². The van der Waals surface area contributed by atoms with Crippen LogP contribution >= 0.6 is 0 Å². The van der Waals surface area contributed by atoms with Crippen molar-refractivity contribution in [1.82, 2.24) is 4.90 Å². The molecule has 0 aliphatic rings. The van der Waals surface area contributed by atoms with Gasteiger partial charge in [-0.3, -0.25) is 4.90 Å². The molecule has 0 aliphatic heterocycles. The molecule has 17 heavy (non-hydrogen) atoms. The third kappa shape index (κ3) is 3.35. The van der Waals surface area contributed by atoms with Crippen LogP contribution in [0, 0.1) is 0 Å². The number of ether oxygens (including phenoxy) is 2. The van der Waals surface area contributed by atoms with Crippen LogP contribution in [0.2, 0.25) is 0 Å². The summed E-state index contributed by atoms with van der Waals surface area (Å²) in [6, 6.07) is 6.30. The van der Waals surface area contributed by atoms with E-state index >= 15 is 0 Å². The van der Waals surface area contributed by atoms with Crippen LogP contribution in [0.5, 0.6) is 11.5 Å². The van der Waals surface area contributed by atoms with Crippen molar-refractivity contribution in [3.63, 3.8) is 0 Å². The highest BCUT2D eigenvalue weighted by Gasteiger charge is 2.13. The van der Waals surface area contributed by atoms with E-state index in [0.29, 0.717) is 12.6 Å². The predicted molar refractivity (Wildman–Crippen MR) is 69.6 cm³/mol. The van der Waals surface area contributed by atoms with Crippen molar-refractivity contribution in [1.29, 1.82) is 0 Å². The highest BCUT2D eigenvalue weighted by molar-refractivity contribution is 5.43. The van der Waals surface area contributed by atoms with Crippen molar-refractivity contribution in [3.05, 3.63) is 23.8 Å². The summed E-state index contributed by atoms with van der Waals surface area (Å²) in [6.07, 6.45) is 0. The van der Waals surface area contributed by atoms with Gasteiger partial charge in [-0.1, -0.05) is 6.07 Å². The molecule has 1 aromatic carbocycles. The lowest BCUT2D eigenvalue weighted by molar-refractivity contribution is 0.267. The molecule has 0 heterocycles. The van der Waals surface area contributed by atoms with Gasteiger partial charge in [-0.25, -0.2) is 0 Å². The molecule has 4 nitrogen and oxygen atoms in total. The summed E-state index contributed by atoms with van der Waals surface area (Å²) in [7, 11) is 5.35. The molecule has 0 fully saturated rings. The molecule has 96 valence electrons. The Kier molecular flexibility index (Phi) is 5.25. The minimum absolute atomic E-state index is 0.304. The molecule has 2 N–H and O–H groups in total. The van der Waals surface area contributed by atoms with Gasteiger partial charge in [-0.15, -0.1) is 0 Å². The first kappa shape index (κ1) is 13.8. The van der Waals surface area contributed by atoms with Crippen molar-refractivity contribution in [2.75, 3.05) is 34.4 Å². The van der Waals surface area contributed by atoms with E-state index in [1.54, 1.807) is 14.2 Å². The molecule has 0 aliphatic carbocycles. The van der Waals surface area contributed by atoms with Crippen LogP contribution in [-0.4, -0.2) is 39.3 Å². The van der Waals surface area contributed by atoms with Crippen LogP contribution in [-0.2, 0) is 0 Å². The zero-order chi connectivity index (χ0) is 12.8. The van der Waals surface area contributed by atoms with Gasteiger partial charge in [0, 0.05) is 19.1 Å². The minimum Gasteiger partial charge on any atom is -0.493 e. The Balaban J connectivity index is 2.91. The fourth-order valence-electron chi connectivity index (χ4n) is 1.76. The Hall–Kier alpha value is -1.26. The van der Waals surface area contributed by atoms with Gasteiger partial charge in [-0.2, -0.15) is 0 Å². The molecule has 0 spiro atoms. The second kappa shape index (κ2) is 6.47. The van der Waals surface area contributed by atoms with Gasteiger partial charge in [-0.05, 0) is 31.7 Å². The van der Waals surface area contributed by atoms with E-state index in [0.717, 1.165) is 18.0 Å². The van der Waals surface area contributed by atoms with E-state index in [1.165, 1.54) is 5.56 Å². The summed E-state index contributed by atoms with van der Waals surface area (Å²) >= 11 is 0. The molecule has 0 bridgehead atoms. The van der Waals surface area contributed by atoms with Crippen molar-refractivity contribution < 1.29 is 9.47 Å². The summed E-state index contributed by atoms with van der Waals surface area (Å²) < 4.78 is 10.5. The topological polar surface area (TPSA) is 47.7 Å². The number of hydrogen-bond donors (Lipinski definition) is 1. The van der Waals surface area contributed by atoms with Gasteiger partial charge in [0.05, 0.1) is 14.2 Å². The van der Waals surface area contributed by atoms with Gasteiger partial charge in [0.1, 0.15) is 0 Å². The lowest BCUT2D eigenvalue weighted by Gasteiger charge is -2.25. The number of likely N-dealkylation sites (N-methyl/N-ethyl adjacent to an activating group) is 1.